The topological polar surface area (TPSA) is 3.24 Å². The summed E-state index contributed by atoms with van der Waals surface area (Å²) in [4.78, 5) is 2.30. The van der Waals surface area contributed by atoms with Crippen LogP contribution in [0.1, 0.15) is 38.9 Å². The maximum atomic E-state index is 6.23. The van der Waals surface area contributed by atoms with Gasteiger partial charge in [-0.05, 0) is 124 Å². The fourth-order valence-corrected chi connectivity index (χ4v) is 6.33. The molecule has 0 N–H and O–H groups in total. The molecule has 0 unspecified atom stereocenters. The molecule has 0 bridgehead atoms. The minimum atomic E-state index is 0.726. The van der Waals surface area contributed by atoms with E-state index in [-0.39, 0.29) is 0 Å². The highest BCUT2D eigenvalue weighted by atomic mass is 35.5. The third-order valence-corrected chi connectivity index (χ3v) is 9.20. The zero-order chi connectivity index (χ0) is 34.3. The Hall–Kier alpha value is -5.60. The standard InChI is InChI=1S/C47H35Cl2N/c1-34-12-26-43(27-13-34)50(44-28-14-35(15-29-44)32-46(37-8-4-2-5-9-37)39-18-22-41(48)23-19-39)45-30-16-36(17-31-45)33-47(38-10-6-3-7-11-38)40-20-24-42(49)25-21-40/h2-33H,1H3. The van der Waals surface area contributed by atoms with Gasteiger partial charge in [0.25, 0.3) is 0 Å². The van der Waals surface area contributed by atoms with Gasteiger partial charge >= 0.3 is 0 Å². The molecule has 0 aliphatic rings. The summed E-state index contributed by atoms with van der Waals surface area (Å²) in [5.74, 6) is 0. The van der Waals surface area contributed by atoms with Gasteiger partial charge in [-0.1, -0.05) is 150 Å². The number of anilines is 3. The van der Waals surface area contributed by atoms with Gasteiger partial charge in [-0.2, -0.15) is 0 Å². The molecule has 0 atom stereocenters. The summed E-state index contributed by atoms with van der Waals surface area (Å²) in [5.41, 5.74) is 13.5. The van der Waals surface area contributed by atoms with Gasteiger partial charge in [-0.25, -0.2) is 0 Å². The first-order valence-electron chi connectivity index (χ1n) is 16.6. The van der Waals surface area contributed by atoms with Crippen LogP contribution in [0.25, 0.3) is 23.3 Å². The molecule has 3 heteroatoms. The smallest absolute Gasteiger partial charge is 0.0462 e. The summed E-state index contributed by atoms with van der Waals surface area (Å²) in [6.07, 6.45) is 4.48. The molecule has 0 amide bonds. The van der Waals surface area contributed by atoms with Crippen LogP contribution in [-0.4, -0.2) is 0 Å². The van der Waals surface area contributed by atoms with Gasteiger partial charge in [0.2, 0.25) is 0 Å². The van der Waals surface area contributed by atoms with Crippen molar-refractivity contribution in [3.8, 4) is 0 Å². The van der Waals surface area contributed by atoms with Crippen LogP contribution in [0, 0.1) is 6.92 Å². The van der Waals surface area contributed by atoms with Gasteiger partial charge in [-0.3, -0.25) is 0 Å². The van der Waals surface area contributed by atoms with Crippen molar-refractivity contribution in [3.63, 3.8) is 0 Å². The molecule has 50 heavy (non-hydrogen) atoms. The van der Waals surface area contributed by atoms with Crippen molar-refractivity contribution >= 4 is 63.6 Å². The number of hydrogen-bond acceptors (Lipinski definition) is 1. The number of aryl methyl sites for hydroxylation is 1. The Morgan fingerprint density at radius 1 is 0.380 bits per heavy atom. The summed E-state index contributed by atoms with van der Waals surface area (Å²) in [7, 11) is 0. The van der Waals surface area contributed by atoms with Crippen LogP contribution < -0.4 is 4.90 Å². The van der Waals surface area contributed by atoms with E-state index in [0.717, 1.165) is 71.6 Å². The monoisotopic (exact) mass is 683 g/mol. The van der Waals surface area contributed by atoms with E-state index in [2.05, 4.69) is 170 Å². The number of benzene rings is 7. The number of nitrogens with zero attached hydrogens (tertiary/aromatic N) is 1. The van der Waals surface area contributed by atoms with Crippen molar-refractivity contribution in [3.05, 3.63) is 231 Å². The molecule has 0 aliphatic carbocycles. The summed E-state index contributed by atoms with van der Waals surface area (Å²) < 4.78 is 0. The lowest BCUT2D eigenvalue weighted by Crippen LogP contribution is -2.09. The zero-order valence-electron chi connectivity index (χ0n) is 27.7. The Labute approximate surface area is 305 Å². The normalized spacial score (nSPS) is 11.7. The van der Waals surface area contributed by atoms with E-state index in [1.165, 1.54) is 5.56 Å². The molecule has 0 heterocycles. The third kappa shape index (κ3) is 7.82. The molecular weight excluding hydrogens is 649 g/mol. The lowest BCUT2D eigenvalue weighted by Gasteiger charge is -2.26. The summed E-state index contributed by atoms with van der Waals surface area (Å²) in [5, 5.41) is 1.45. The van der Waals surface area contributed by atoms with E-state index >= 15 is 0 Å². The second kappa shape index (κ2) is 15.3. The molecule has 0 saturated heterocycles. The van der Waals surface area contributed by atoms with E-state index < -0.39 is 0 Å². The van der Waals surface area contributed by atoms with E-state index in [1.807, 2.05) is 36.4 Å². The average Bonchev–Trinajstić information content (AvgIpc) is 3.16. The highest BCUT2D eigenvalue weighted by Crippen LogP contribution is 2.36. The van der Waals surface area contributed by atoms with Crippen molar-refractivity contribution in [2.45, 2.75) is 6.92 Å². The van der Waals surface area contributed by atoms with Gasteiger partial charge in [0.05, 0.1) is 0 Å². The first kappa shape index (κ1) is 32.9. The van der Waals surface area contributed by atoms with Crippen LogP contribution in [0.4, 0.5) is 17.1 Å². The summed E-state index contributed by atoms with van der Waals surface area (Å²) in [6, 6.07) is 63.2. The SMILES string of the molecule is Cc1ccc(N(c2ccc(C=C(c3ccccc3)c3ccc(Cl)cc3)cc2)c2ccc(C=C(c3ccccc3)c3ccc(Cl)cc3)cc2)cc1. The molecule has 7 rings (SSSR count). The van der Waals surface area contributed by atoms with Crippen molar-refractivity contribution in [2.24, 2.45) is 0 Å². The average molecular weight is 685 g/mol. The zero-order valence-corrected chi connectivity index (χ0v) is 29.2. The predicted molar refractivity (Wildman–Crippen MR) is 216 cm³/mol. The number of rotatable bonds is 9. The molecular formula is C47H35Cl2N. The van der Waals surface area contributed by atoms with Gasteiger partial charge in [0, 0.05) is 27.1 Å². The van der Waals surface area contributed by atoms with Crippen LogP contribution in [0.2, 0.25) is 10.0 Å². The molecule has 0 spiro atoms. The Bertz CT molecular complexity index is 2080. The van der Waals surface area contributed by atoms with Crippen LogP contribution in [0.3, 0.4) is 0 Å². The molecule has 0 fully saturated rings. The summed E-state index contributed by atoms with van der Waals surface area (Å²) >= 11 is 12.5. The van der Waals surface area contributed by atoms with Crippen LogP contribution >= 0.6 is 23.2 Å². The highest BCUT2D eigenvalue weighted by Gasteiger charge is 2.14. The maximum Gasteiger partial charge on any atom is 0.0462 e. The first-order chi connectivity index (χ1) is 24.5. The third-order valence-electron chi connectivity index (χ3n) is 8.70. The molecule has 0 aliphatic heterocycles. The molecule has 242 valence electrons. The van der Waals surface area contributed by atoms with E-state index in [9.17, 15) is 0 Å². The molecule has 0 aromatic heterocycles. The van der Waals surface area contributed by atoms with Gasteiger partial charge in [-0.15, -0.1) is 0 Å². The Kier molecular flexibility index (Phi) is 10.1. The molecule has 7 aromatic carbocycles. The molecule has 7 aromatic rings. The van der Waals surface area contributed by atoms with Crippen LogP contribution in [0.15, 0.2) is 182 Å². The van der Waals surface area contributed by atoms with Gasteiger partial charge in [0.1, 0.15) is 0 Å². The fourth-order valence-electron chi connectivity index (χ4n) is 6.07. The van der Waals surface area contributed by atoms with Gasteiger partial charge < -0.3 is 4.90 Å². The molecule has 0 radical (unpaired) electrons. The quantitative estimate of drug-likeness (QED) is 0.137. The highest BCUT2D eigenvalue weighted by molar-refractivity contribution is 6.31. The maximum absolute atomic E-state index is 6.23. The fraction of sp³-hybridized carbons (Fsp3) is 0.0213. The van der Waals surface area contributed by atoms with E-state index in [1.54, 1.807) is 0 Å². The minimum Gasteiger partial charge on any atom is -0.311 e. The Balaban J connectivity index is 1.25. The second-order valence-electron chi connectivity index (χ2n) is 12.2. The van der Waals surface area contributed by atoms with E-state index in [4.69, 9.17) is 23.2 Å². The van der Waals surface area contributed by atoms with Crippen LogP contribution in [0.5, 0.6) is 0 Å². The first-order valence-corrected chi connectivity index (χ1v) is 17.4. The van der Waals surface area contributed by atoms with Gasteiger partial charge in [0.15, 0.2) is 0 Å². The number of hydrogen-bond donors (Lipinski definition) is 0. The Morgan fingerprint density at radius 2 is 0.700 bits per heavy atom. The van der Waals surface area contributed by atoms with Crippen molar-refractivity contribution < 1.29 is 0 Å². The lowest BCUT2D eigenvalue weighted by molar-refractivity contribution is 1.27. The van der Waals surface area contributed by atoms with Crippen molar-refractivity contribution in [1.82, 2.24) is 0 Å². The van der Waals surface area contributed by atoms with Crippen LogP contribution in [-0.2, 0) is 0 Å². The largest absolute Gasteiger partial charge is 0.311 e. The Morgan fingerprint density at radius 3 is 1.06 bits per heavy atom. The van der Waals surface area contributed by atoms with E-state index in [0.29, 0.717) is 0 Å². The molecule has 0 saturated carbocycles. The van der Waals surface area contributed by atoms with Crippen molar-refractivity contribution in [2.75, 3.05) is 4.90 Å². The second-order valence-corrected chi connectivity index (χ2v) is 13.1. The van der Waals surface area contributed by atoms with Crippen molar-refractivity contribution in [1.29, 1.82) is 0 Å². The number of halogens is 2. The molecule has 1 nitrogen and oxygen atoms in total. The predicted octanol–water partition coefficient (Wildman–Crippen LogP) is 13.9. The lowest BCUT2D eigenvalue weighted by atomic mass is 9.95. The summed E-state index contributed by atoms with van der Waals surface area (Å²) in [6.45, 7) is 2.12. The minimum absolute atomic E-state index is 0.726.